The molecule has 0 aromatic carbocycles. The second-order valence-corrected chi connectivity index (χ2v) is 7.99. The molecule has 0 unspecified atom stereocenters. The number of esters is 1. The third-order valence-corrected chi connectivity index (χ3v) is 6.23. The summed E-state index contributed by atoms with van der Waals surface area (Å²) in [6.45, 7) is 4.63. The van der Waals surface area contributed by atoms with Crippen molar-refractivity contribution in [3.05, 3.63) is 35.4 Å². The van der Waals surface area contributed by atoms with E-state index in [1.165, 1.54) is 32.1 Å². The van der Waals surface area contributed by atoms with Crippen molar-refractivity contribution in [2.24, 2.45) is 11.8 Å². The highest BCUT2D eigenvalue weighted by molar-refractivity contribution is 5.95. The lowest BCUT2D eigenvalue weighted by molar-refractivity contribution is -0.139. The second kappa shape index (κ2) is 8.39. The van der Waals surface area contributed by atoms with Crippen LogP contribution in [-0.2, 0) is 9.53 Å². The monoisotopic (exact) mass is 387 g/mol. The van der Waals surface area contributed by atoms with Crippen LogP contribution in [-0.4, -0.2) is 43.1 Å². The number of fused-ring (bicyclic) bond motifs is 1. The fourth-order valence-electron chi connectivity index (χ4n) is 4.90. The minimum Gasteiger partial charge on any atom is -0.467 e. The minimum absolute atomic E-state index is 0.280. The number of carbonyl (C=O) groups excluding carboxylic acids is 2. The molecule has 152 valence electrons. The molecular weight excluding hydrogens is 358 g/mol. The van der Waals surface area contributed by atoms with Crippen LogP contribution in [0, 0.1) is 11.8 Å². The largest absolute Gasteiger partial charge is 0.467 e. The average Bonchev–Trinajstić information content (AvgIpc) is 3.22. The standard InChI is InChI=1S/C21H29N3O4/c1-2-27-20(25)18-16(22-21(26)23-19(18)17-8-5-11-28-17)13-24-10-9-14-6-3-4-7-15(14)12-24/h5,8,11,14-15,19H,2-4,6-7,9-10,12-13H2,1H3,(H2,22,23,26)/t14-,15+,19-/m0/s1. The molecule has 2 N–H and O–H groups in total. The number of likely N-dealkylation sites (tertiary alicyclic amines) is 1. The van der Waals surface area contributed by atoms with Gasteiger partial charge in [0.05, 0.1) is 18.4 Å². The summed E-state index contributed by atoms with van der Waals surface area (Å²) in [6.07, 6.45) is 8.03. The molecule has 2 aliphatic heterocycles. The van der Waals surface area contributed by atoms with Crippen molar-refractivity contribution in [1.82, 2.24) is 15.5 Å². The van der Waals surface area contributed by atoms with Crippen LogP contribution in [0.25, 0.3) is 0 Å². The van der Waals surface area contributed by atoms with Crippen LogP contribution in [0.4, 0.5) is 4.79 Å². The number of nitrogens with one attached hydrogen (secondary N) is 2. The van der Waals surface area contributed by atoms with Crippen molar-refractivity contribution < 1.29 is 18.7 Å². The van der Waals surface area contributed by atoms with Crippen LogP contribution in [0.5, 0.6) is 0 Å². The summed E-state index contributed by atoms with van der Waals surface area (Å²) in [4.78, 5) is 27.4. The third-order valence-electron chi connectivity index (χ3n) is 6.23. The average molecular weight is 387 g/mol. The van der Waals surface area contributed by atoms with Crippen LogP contribution < -0.4 is 10.6 Å². The zero-order valence-corrected chi connectivity index (χ0v) is 16.4. The Labute approximate surface area is 165 Å². The molecule has 1 aliphatic carbocycles. The van der Waals surface area contributed by atoms with Gasteiger partial charge in [0.25, 0.3) is 0 Å². The summed E-state index contributed by atoms with van der Waals surface area (Å²) in [6, 6.07) is 2.56. The first-order valence-electron chi connectivity index (χ1n) is 10.4. The normalized spacial score (nSPS) is 28.3. The lowest BCUT2D eigenvalue weighted by Gasteiger charge is -2.42. The van der Waals surface area contributed by atoms with Crippen molar-refractivity contribution in [3.63, 3.8) is 0 Å². The van der Waals surface area contributed by atoms with E-state index < -0.39 is 12.0 Å². The van der Waals surface area contributed by atoms with E-state index in [-0.39, 0.29) is 12.6 Å². The van der Waals surface area contributed by atoms with E-state index in [9.17, 15) is 9.59 Å². The van der Waals surface area contributed by atoms with Gasteiger partial charge in [-0.2, -0.15) is 0 Å². The van der Waals surface area contributed by atoms with Crippen molar-refractivity contribution in [1.29, 1.82) is 0 Å². The Bertz CT molecular complexity index is 743. The number of carbonyl (C=O) groups is 2. The van der Waals surface area contributed by atoms with E-state index in [1.807, 2.05) is 0 Å². The molecular formula is C21H29N3O4. The summed E-state index contributed by atoms with van der Waals surface area (Å²) >= 11 is 0. The Morgan fingerprint density at radius 2 is 2.11 bits per heavy atom. The van der Waals surface area contributed by atoms with Gasteiger partial charge in [-0.3, -0.25) is 4.90 Å². The molecule has 7 heteroatoms. The molecule has 1 aromatic heterocycles. The quantitative estimate of drug-likeness (QED) is 0.759. The fraction of sp³-hybridized carbons (Fsp3) is 0.619. The summed E-state index contributed by atoms with van der Waals surface area (Å²) in [7, 11) is 0. The number of hydrogen-bond acceptors (Lipinski definition) is 5. The first-order valence-corrected chi connectivity index (χ1v) is 10.4. The van der Waals surface area contributed by atoms with Gasteiger partial charge < -0.3 is 19.8 Å². The molecule has 0 spiro atoms. The van der Waals surface area contributed by atoms with Crippen molar-refractivity contribution in [2.45, 2.75) is 45.1 Å². The predicted molar refractivity (Wildman–Crippen MR) is 103 cm³/mol. The molecule has 4 rings (SSSR count). The van der Waals surface area contributed by atoms with Crippen LogP contribution in [0.15, 0.2) is 34.1 Å². The molecule has 1 saturated heterocycles. The highest BCUT2D eigenvalue weighted by Crippen LogP contribution is 2.36. The van der Waals surface area contributed by atoms with E-state index in [0.29, 0.717) is 23.6 Å². The molecule has 2 fully saturated rings. The highest BCUT2D eigenvalue weighted by atomic mass is 16.5. The number of ether oxygens (including phenoxy) is 1. The molecule has 2 amide bonds. The molecule has 28 heavy (non-hydrogen) atoms. The Balaban J connectivity index is 1.59. The van der Waals surface area contributed by atoms with Gasteiger partial charge in [0.2, 0.25) is 0 Å². The lowest BCUT2D eigenvalue weighted by atomic mass is 9.75. The smallest absolute Gasteiger partial charge is 0.338 e. The van der Waals surface area contributed by atoms with E-state index in [0.717, 1.165) is 24.9 Å². The summed E-state index contributed by atoms with van der Waals surface area (Å²) in [5.41, 5.74) is 1.06. The van der Waals surface area contributed by atoms with Gasteiger partial charge >= 0.3 is 12.0 Å². The van der Waals surface area contributed by atoms with Crippen molar-refractivity contribution in [3.8, 4) is 0 Å². The number of piperidine rings is 1. The number of nitrogens with zero attached hydrogens (tertiary/aromatic N) is 1. The Morgan fingerprint density at radius 1 is 1.29 bits per heavy atom. The molecule has 0 bridgehead atoms. The van der Waals surface area contributed by atoms with E-state index in [4.69, 9.17) is 9.15 Å². The maximum absolute atomic E-state index is 12.8. The Morgan fingerprint density at radius 3 is 2.86 bits per heavy atom. The maximum Gasteiger partial charge on any atom is 0.338 e. The van der Waals surface area contributed by atoms with Gasteiger partial charge in [0.15, 0.2) is 0 Å². The number of furan rings is 1. The van der Waals surface area contributed by atoms with Crippen molar-refractivity contribution in [2.75, 3.05) is 26.2 Å². The summed E-state index contributed by atoms with van der Waals surface area (Å²) in [5.74, 6) is 1.68. The molecule has 1 saturated carbocycles. The van der Waals surface area contributed by atoms with Gasteiger partial charge in [-0.1, -0.05) is 19.3 Å². The van der Waals surface area contributed by atoms with Gasteiger partial charge in [0, 0.05) is 18.8 Å². The van der Waals surface area contributed by atoms with E-state index >= 15 is 0 Å². The molecule has 7 nitrogen and oxygen atoms in total. The maximum atomic E-state index is 12.8. The van der Waals surface area contributed by atoms with Crippen LogP contribution >= 0.6 is 0 Å². The predicted octanol–water partition coefficient (Wildman–Crippen LogP) is 2.96. The molecule has 3 aliphatic rings. The van der Waals surface area contributed by atoms with Crippen LogP contribution in [0.1, 0.15) is 50.8 Å². The number of urea groups is 1. The fourth-order valence-corrected chi connectivity index (χ4v) is 4.90. The topological polar surface area (TPSA) is 83.8 Å². The minimum atomic E-state index is -0.634. The van der Waals surface area contributed by atoms with E-state index in [2.05, 4.69) is 15.5 Å². The summed E-state index contributed by atoms with van der Waals surface area (Å²) < 4.78 is 10.8. The van der Waals surface area contributed by atoms with Gasteiger partial charge in [-0.05, 0) is 50.3 Å². The van der Waals surface area contributed by atoms with Gasteiger partial charge in [0.1, 0.15) is 11.8 Å². The number of hydrogen-bond donors (Lipinski definition) is 2. The molecule has 1 aromatic rings. The SMILES string of the molecule is CCOC(=O)C1=C(CN2CC[C@@H]3CCCC[C@@H]3C2)NC(=O)N[C@H]1c1ccco1. The molecule has 3 atom stereocenters. The second-order valence-electron chi connectivity index (χ2n) is 7.99. The Hall–Kier alpha value is -2.28. The number of rotatable bonds is 5. The zero-order chi connectivity index (χ0) is 19.5. The molecule has 3 heterocycles. The first-order chi connectivity index (χ1) is 13.7. The first kappa shape index (κ1) is 19.1. The zero-order valence-electron chi connectivity index (χ0n) is 16.4. The molecule has 0 radical (unpaired) electrons. The lowest BCUT2D eigenvalue weighted by Crippen LogP contribution is -2.50. The van der Waals surface area contributed by atoms with Crippen LogP contribution in [0.3, 0.4) is 0 Å². The highest BCUT2D eigenvalue weighted by Gasteiger charge is 2.37. The Kier molecular flexibility index (Phi) is 5.71. The number of amides is 2. The van der Waals surface area contributed by atoms with E-state index in [1.54, 1.807) is 25.3 Å². The van der Waals surface area contributed by atoms with Crippen molar-refractivity contribution >= 4 is 12.0 Å². The summed E-state index contributed by atoms with van der Waals surface area (Å²) in [5, 5.41) is 5.66. The third kappa shape index (κ3) is 3.94. The van der Waals surface area contributed by atoms with Crippen LogP contribution in [0.2, 0.25) is 0 Å². The van der Waals surface area contributed by atoms with Gasteiger partial charge in [-0.15, -0.1) is 0 Å². The van der Waals surface area contributed by atoms with Gasteiger partial charge in [-0.25, -0.2) is 9.59 Å².